The van der Waals surface area contributed by atoms with E-state index in [0.717, 1.165) is 12.1 Å². The molecule has 1 unspecified atom stereocenters. The predicted molar refractivity (Wildman–Crippen MR) is 71.3 cm³/mol. The molecule has 0 saturated carbocycles. The fraction of sp³-hybridized carbons (Fsp3) is 0.0714. The number of halogens is 2. The Morgan fingerprint density at radius 3 is 2.50 bits per heavy atom. The van der Waals surface area contributed by atoms with Crippen molar-refractivity contribution < 1.29 is 8.78 Å². The maximum Gasteiger partial charge on any atom is 0.323 e. The lowest BCUT2D eigenvalue weighted by Crippen LogP contribution is -2.13. The number of hydrogen-bond acceptors (Lipinski definition) is 2. The lowest BCUT2D eigenvalue weighted by molar-refractivity contribution is 0.566. The van der Waals surface area contributed by atoms with Crippen LogP contribution < -0.4 is 11.4 Å². The third-order valence-electron chi connectivity index (χ3n) is 3.20. The summed E-state index contributed by atoms with van der Waals surface area (Å²) in [4.78, 5) is 16.4. The molecule has 2 aromatic carbocycles. The minimum atomic E-state index is -0.738. The molecule has 1 aromatic heterocycles. The van der Waals surface area contributed by atoms with Crippen LogP contribution in [0.3, 0.4) is 0 Å². The topological polar surface area (TPSA) is 74.7 Å². The Morgan fingerprint density at radius 2 is 1.75 bits per heavy atom. The van der Waals surface area contributed by atoms with E-state index in [4.69, 9.17) is 5.73 Å². The van der Waals surface area contributed by atoms with Crippen molar-refractivity contribution in [2.45, 2.75) is 6.04 Å². The van der Waals surface area contributed by atoms with Gasteiger partial charge in [-0.3, -0.25) is 0 Å². The molecule has 0 aliphatic rings. The van der Waals surface area contributed by atoms with E-state index < -0.39 is 17.7 Å². The second-order valence-electron chi connectivity index (χ2n) is 4.53. The third kappa shape index (κ3) is 2.10. The van der Waals surface area contributed by atoms with Crippen LogP contribution in [0.2, 0.25) is 0 Å². The van der Waals surface area contributed by atoms with E-state index in [9.17, 15) is 13.6 Å². The van der Waals surface area contributed by atoms with Crippen LogP contribution >= 0.6 is 0 Å². The Kier molecular flexibility index (Phi) is 2.87. The average molecular weight is 275 g/mol. The van der Waals surface area contributed by atoms with E-state index in [2.05, 4.69) is 9.97 Å². The summed E-state index contributed by atoms with van der Waals surface area (Å²) in [6, 6.07) is 7.59. The van der Waals surface area contributed by atoms with Gasteiger partial charge in [-0.05, 0) is 23.8 Å². The fourth-order valence-corrected chi connectivity index (χ4v) is 2.18. The summed E-state index contributed by atoms with van der Waals surface area (Å²) in [5, 5.41) is 0. The van der Waals surface area contributed by atoms with Gasteiger partial charge in [0.05, 0.1) is 17.1 Å². The van der Waals surface area contributed by atoms with Crippen LogP contribution in [0.1, 0.15) is 17.2 Å². The van der Waals surface area contributed by atoms with Crippen LogP contribution in [0.4, 0.5) is 8.78 Å². The normalized spacial score (nSPS) is 12.8. The molecule has 0 saturated heterocycles. The van der Waals surface area contributed by atoms with Crippen LogP contribution in [-0.2, 0) is 0 Å². The van der Waals surface area contributed by atoms with Crippen LogP contribution in [0.25, 0.3) is 11.0 Å². The number of imidazole rings is 1. The highest BCUT2D eigenvalue weighted by atomic mass is 19.1. The molecule has 0 amide bonds. The molecule has 102 valence electrons. The highest BCUT2D eigenvalue weighted by molar-refractivity contribution is 5.75. The van der Waals surface area contributed by atoms with Crippen molar-refractivity contribution in [1.82, 2.24) is 9.97 Å². The summed E-state index contributed by atoms with van der Waals surface area (Å²) in [5.41, 5.74) is 7.73. The van der Waals surface area contributed by atoms with Crippen LogP contribution in [-0.4, -0.2) is 9.97 Å². The SMILES string of the molecule is NC(c1ccc2[nH]c(=O)[nH]c2c1)c1ccc(F)cc1F. The molecule has 0 radical (unpaired) electrons. The van der Waals surface area contributed by atoms with E-state index in [0.29, 0.717) is 16.6 Å². The zero-order valence-electron chi connectivity index (χ0n) is 10.3. The van der Waals surface area contributed by atoms with Crippen LogP contribution in [0, 0.1) is 11.6 Å². The monoisotopic (exact) mass is 275 g/mol. The minimum Gasteiger partial charge on any atom is -0.320 e. The summed E-state index contributed by atoms with van der Waals surface area (Å²) in [5.74, 6) is -1.34. The van der Waals surface area contributed by atoms with Gasteiger partial charge in [-0.1, -0.05) is 12.1 Å². The molecule has 0 aliphatic carbocycles. The lowest BCUT2D eigenvalue weighted by Gasteiger charge is -2.13. The number of aromatic amines is 2. The third-order valence-corrected chi connectivity index (χ3v) is 3.20. The molecular weight excluding hydrogens is 264 g/mol. The predicted octanol–water partition coefficient (Wildman–Crippen LogP) is 2.18. The summed E-state index contributed by atoms with van der Waals surface area (Å²) in [6.07, 6.45) is 0. The highest BCUT2D eigenvalue weighted by Gasteiger charge is 2.15. The smallest absolute Gasteiger partial charge is 0.320 e. The van der Waals surface area contributed by atoms with Gasteiger partial charge in [0.1, 0.15) is 11.6 Å². The Labute approximate surface area is 112 Å². The number of nitrogens with two attached hydrogens (primary N) is 1. The number of fused-ring (bicyclic) bond motifs is 1. The molecule has 3 rings (SSSR count). The van der Waals surface area contributed by atoms with Crippen LogP contribution in [0.5, 0.6) is 0 Å². The van der Waals surface area contributed by atoms with Crippen molar-refractivity contribution in [3.8, 4) is 0 Å². The van der Waals surface area contributed by atoms with Gasteiger partial charge in [-0.2, -0.15) is 0 Å². The first-order chi connectivity index (χ1) is 9.54. The van der Waals surface area contributed by atoms with E-state index in [1.807, 2.05) is 0 Å². The Bertz CT molecular complexity index is 838. The summed E-state index contributed by atoms with van der Waals surface area (Å²) in [7, 11) is 0. The molecule has 1 heterocycles. The van der Waals surface area contributed by atoms with Gasteiger partial charge in [0.15, 0.2) is 0 Å². The number of benzene rings is 2. The van der Waals surface area contributed by atoms with Gasteiger partial charge in [0.2, 0.25) is 0 Å². The first-order valence-electron chi connectivity index (χ1n) is 5.97. The van der Waals surface area contributed by atoms with Gasteiger partial charge in [0, 0.05) is 11.6 Å². The largest absolute Gasteiger partial charge is 0.323 e. The first-order valence-corrected chi connectivity index (χ1v) is 5.97. The zero-order chi connectivity index (χ0) is 14.3. The quantitative estimate of drug-likeness (QED) is 0.670. The second-order valence-corrected chi connectivity index (χ2v) is 4.53. The highest BCUT2D eigenvalue weighted by Crippen LogP contribution is 2.24. The molecule has 0 aliphatic heterocycles. The number of hydrogen-bond donors (Lipinski definition) is 3. The molecule has 6 heteroatoms. The van der Waals surface area contributed by atoms with Gasteiger partial charge < -0.3 is 15.7 Å². The van der Waals surface area contributed by atoms with Crippen molar-refractivity contribution in [2.24, 2.45) is 5.73 Å². The van der Waals surface area contributed by atoms with Crippen LogP contribution in [0.15, 0.2) is 41.2 Å². The maximum absolute atomic E-state index is 13.7. The van der Waals surface area contributed by atoms with Gasteiger partial charge in [0.25, 0.3) is 0 Å². The summed E-state index contributed by atoms with van der Waals surface area (Å²) in [6.45, 7) is 0. The van der Waals surface area contributed by atoms with Crippen molar-refractivity contribution >= 4 is 11.0 Å². The maximum atomic E-state index is 13.7. The van der Waals surface area contributed by atoms with Crippen molar-refractivity contribution in [2.75, 3.05) is 0 Å². The van der Waals surface area contributed by atoms with Gasteiger partial charge in [-0.15, -0.1) is 0 Å². The molecule has 1 atom stereocenters. The Balaban J connectivity index is 2.06. The van der Waals surface area contributed by atoms with Crippen molar-refractivity contribution in [3.63, 3.8) is 0 Å². The molecular formula is C14H11F2N3O. The Hall–Kier alpha value is -2.47. The van der Waals surface area contributed by atoms with E-state index in [-0.39, 0.29) is 11.3 Å². The van der Waals surface area contributed by atoms with E-state index in [1.54, 1.807) is 18.2 Å². The number of rotatable bonds is 2. The molecule has 3 aromatic rings. The lowest BCUT2D eigenvalue weighted by atomic mass is 9.98. The molecule has 4 N–H and O–H groups in total. The molecule has 0 spiro atoms. The zero-order valence-corrected chi connectivity index (χ0v) is 10.3. The Morgan fingerprint density at radius 1 is 1.00 bits per heavy atom. The number of aromatic nitrogens is 2. The minimum absolute atomic E-state index is 0.198. The molecule has 4 nitrogen and oxygen atoms in total. The summed E-state index contributed by atoms with van der Waals surface area (Å²) >= 11 is 0. The van der Waals surface area contributed by atoms with Gasteiger partial charge >= 0.3 is 5.69 Å². The van der Waals surface area contributed by atoms with E-state index in [1.165, 1.54) is 6.07 Å². The number of nitrogens with one attached hydrogen (secondary N) is 2. The number of H-pyrrole nitrogens is 2. The first kappa shape index (κ1) is 12.6. The average Bonchev–Trinajstić information content (AvgIpc) is 2.77. The fourth-order valence-electron chi connectivity index (χ4n) is 2.18. The second kappa shape index (κ2) is 4.57. The molecule has 0 bridgehead atoms. The standard InChI is InChI=1S/C14H11F2N3O/c15-8-2-3-9(10(16)6-8)13(17)7-1-4-11-12(5-7)19-14(20)18-11/h1-6,13H,17H2,(H2,18,19,20). The molecule has 0 fully saturated rings. The van der Waals surface area contributed by atoms with Gasteiger partial charge in [-0.25, -0.2) is 13.6 Å². The van der Waals surface area contributed by atoms with E-state index >= 15 is 0 Å². The summed E-state index contributed by atoms with van der Waals surface area (Å²) < 4.78 is 26.6. The van der Waals surface area contributed by atoms with Crippen molar-refractivity contribution in [3.05, 3.63) is 69.6 Å². The molecule has 20 heavy (non-hydrogen) atoms. The van der Waals surface area contributed by atoms with Crippen molar-refractivity contribution in [1.29, 1.82) is 0 Å².